The van der Waals surface area contributed by atoms with Gasteiger partial charge in [-0.2, -0.15) is 0 Å². The van der Waals surface area contributed by atoms with E-state index >= 15 is 0 Å². The number of piperazine rings is 3. The van der Waals surface area contributed by atoms with Gasteiger partial charge in [-0.15, -0.1) is 0 Å². The second kappa shape index (κ2) is 48.2. The van der Waals surface area contributed by atoms with Gasteiger partial charge in [-0.05, 0) is 175 Å². The van der Waals surface area contributed by atoms with Crippen LogP contribution in [0.3, 0.4) is 0 Å². The Morgan fingerprint density at radius 1 is 0.295 bits per heavy atom. The first-order chi connectivity index (χ1) is 61.0. The van der Waals surface area contributed by atoms with Crippen LogP contribution >= 0.6 is 0 Å². The third-order valence-electron chi connectivity index (χ3n) is 26.0. The lowest BCUT2D eigenvalue weighted by molar-refractivity contribution is -0.0660. The number of anilines is 7. The van der Waals surface area contributed by atoms with Crippen LogP contribution in [0.2, 0.25) is 0 Å². The Labute approximate surface area is 780 Å². The summed E-state index contributed by atoms with van der Waals surface area (Å²) in [6.07, 6.45) is -0.170. The van der Waals surface area contributed by atoms with Crippen molar-refractivity contribution in [3.63, 3.8) is 0 Å². The zero-order valence-electron chi connectivity index (χ0n) is 84.7. The van der Waals surface area contributed by atoms with Crippen molar-refractivity contribution < 1.29 is 48.1 Å². The average molecular weight is 1780 g/mol. The van der Waals surface area contributed by atoms with Crippen LogP contribution in [-0.2, 0) is 61.6 Å². The lowest BCUT2D eigenvalue weighted by atomic mass is 9.87. The van der Waals surface area contributed by atoms with Crippen LogP contribution in [0, 0.1) is 0 Å². The molecule has 8 fully saturated rings. The molecule has 20 nitrogen and oxygen atoms in total. The first-order valence-corrected chi connectivity index (χ1v) is 48.1. The summed E-state index contributed by atoms with van der Waals surface area (Å²) >= 11 is 0. The highest BCUT2D eigenvalue weighted by Crippen LogP contribution is 2.40. The maximum Gasteiger partial charge on any atom is 0.142 e. The molecule has 0 amide bonds. The number of morpholine rings is 4. The summed E-state index contributed by atoms with van der Waals surface area (Å²) in [6.45, 7) is 77.6. The lowest BCUT2D eigenvalue weighted by Crippen LogP contribution is -2.56. The maximum atomic E-state index is 9.25. The fraction of sp³-hybridized carbons (Fsp3) is 0.615. The minimum Gasteiger partial charge on any atom is -0.495 e. The molecule has 0 saturated carbocycles. The summed E-state index contributed by atoms with van der Waals surface area (Å²) in [4.78, 5) is 24.1. The molecular formula is C109H170N10O10. The molecular weight excluding hydrogens is 1610 g/mol. The Morgan fingerprint density at radius 2 is 0.558 bits per heavy atom. The van der Waals surface area contributed by atoms with E-state index in [1.807, 2.05) is 0 Å². The predicted octanol–water partition coefficient (Wildman–Crippen LogP) is 18.4. The van der Waals surface area contributed by atoms with E-state index in [0.717, 1.165) is 161 Å². The molecule has 2 N–H and O–H groups in total. The number of hydrogen-bond donors (Lipinski definition) is 2. The number of benzene rings is 7. The Kier molecular flexibility index (Phi) is 39.2. The first-order valence-electron chi connectivity index (χ1n) is 48.1. The summed E-state index contributed by atoms with van der Waals surface area (Å²) in [5, 5.41) is 18.4. The van der Waals surface area contributed by atoms with E-state index in [2.05, 4.69) is 360 Å². The van der Waals surface area contributed by atoms with Gasteiger partial charge in [0.2, 0.25) is 0 Å². The predicted molar refractivity (Wildman–Crippen MR) is 542 cm³/mol. The standard InChI is InChI=1S/C18H28N2O2.C16H26N2.C16H25NO3.C15H24N2.2C15H23NO2.C14H21NO/c1-18(2,3)14-5-6-16(17(11-14)21-4)20-9-7-19(8-10-20)15-12-22-13-15;1-5-17-10-12-18(13-11-17)15-8-6-14(7-9-15)16(2,3)4;1-16(2,3)12-5-6-14(15(9-12)19-4)17-7-8-20-13(10-17)11-18;1-15(2,3)13-5-7-14(8-6-13)17-11-9-16(4)10-12-17;1-15(2,3)12-5-6-13(14(11-12)17-4)16-7-9-18-10-8-16;1-15(2,3)12-4-6-13(7-5-12)16-8-9-18-14(10-16)11-17;1-14(2,3)12-4-6-13(7-5-12)15-8-10-16-11-9-15/h5-6,11,15H,7-10,12-13H2,1-4H3;6-9H,5,10-13H2,1-4H3;5-6,9,13,18H,7-8,10-11H2,1-4H3;5-8H,9-12H2,1-4H3;5-6,11H,7-10H2,1-4H3;4-7,14,17H,8-11H2,1-3H3;4-7H,8-11H2,1-3H3. The fourth-order valence-electron chi connectivity index (χ4n) is 16.8. The summed E-state index contributed by atoms with van der Waals surface area (Å²) in [6, 6.07) is 56.1. The molecule has 0 aliphatic carbocycles. The van der Waals surface area contributed by atoms with Crippen molar-refractivity contribution in [3.8, 4) is 17.2 Å². The number of nitrogens with zero attached hydrogens (tertiary/aromatic N) is 10. The number of likely N-dealkylation sites (N-methyl/N-ethyl adjacent to an activating group) is 2. The summed E-state index contributed by atoms with van der Waals surface area (Å²) in [5.41, 5.74) is 19.5. The Hall–Kier alpha value is -7.86. The highest BCUT2D eigenvalue weighted by molar-refractivity contribution is 5.64. The number of rotatable bonds is 14. The van der Waals surface area contributed by atoms with Gasteiger partial charge < -0.3 is 92.2 Å². The minimum atomic E-state index is -0.115. The molecule has 7 aromatic rings. The largest absolute Gasteiger partial charge is 0.495 e. The molecule has 2 unspecified atom stereocenters. The normalized spacial score (nSPS) is 19.1. The molecule has 8 aliphatic rings. The molecule has 7 aromatic carbocycles. The van der Waals surface area contributed by atoms with Gasteiger partial charge in [0.25, 0.3) is 0 Å². The number of methoxy groups -OCH3 is 3. The highest BCUT2D eigenvalue weighted by Gasteiger charge is 2.32. The van der Waals surface area contributed by atoms with Crippen molar-refractivity contribution in [1.82, 2.24) is 14.7 Å². The molecule has 8 saturated heterocycles. The van der Waals surface area contributed by atoms with E-state index < -0.39 is 0 Å². The molecule has 0 radical (unpaired) electrons. The average Bonchev–Trinajstić information content (AvgIpc) is 0.806. The van der Waals surface area contributed by atoms with Crippen molar-refractivity contribution in [2.75, 3.05) is 266 Å². The van der Waals surface area contributed by atoms with Gasteiger partial charge in [-0.3, -0.25) is 4.90 Å². The van der Waals surface area contributed by atoms with E-state index in [1.54, 1.807) is 21.3 Å². The van der Waals surface area contributed by atoms with E-state index in [-0.39, 0.29) is 63.3 Å². The van der Waals surface area contributed by atoms with E-state index in [1.165, 1.54) is 106 Å². The van der Waals surface area contributed by atoms with Gasteiger partial charge in [0.15, 0.2) is 0 Å². The smallest absolute Gasteiger partial charge is 0.142 e. The van der Waals surface area contributed by atoms with Gasteiger partial charge in [-0.25, -0.2) is 0 Å². The van der Waals surface area contributed by atoms with Crippen molar-refractivity contribution >= 4 is 39.8 Å². The van der Waals surface area contributed by atoms with Crippen LogP contribution in [0.5, 0.6) is 17.2 Å². The number of ether oxygens (including phenoxy) is 8. The topological polar surface area (TPSA) is 147 Å². The summed E-state index contributed by atoms with van der Waals surface area (Å²) in [5.74, 6) is 2.84. The van der Waals surface area contributed by atoms with Crippen molar-refractivity contribution in [2.45, 2.75) is 208 Å². The van der Waals surface area contributed by atoms with Crippen LogP contribution in [0.15, 0.2) is 152 Å². The SMILES string of the molecule is CC(C)(C)c1ccc(N2CCOC(CO)C2)cc1.CC(C)(C)c1ccc(N2CCOCC2)cc1.CCN1CCN(c2ccc(C(C)(C)C)cc2)CC1.CN1CCN(c2ccc(C(C)(C)C)cc2)CC1.COc1cc(C(C)(C)C)ccc1N1CCN(C2COC2)CC1.COc1cc(C(C)(C)C)ccc1N1CCOC(CO)C1.COc1cc(C(C)(C)C)ccc1N1CCOCC1. The Balaban J connectivity index is 0.000000170. The molecule has 129 heavy (non-hydrogen) atoms. The van der Waals surface area contributed by atoms with Crippen molar-refractivity contribution in [3.05, 3.63) is 191 Å². The van der Waals surface area contributed by atoms with E-state index in [9.17, 15) is 5.11 Å². The van der Waals surface area contributed by atoms with E-state index in [0.29, 0.717) is 25.8 Å². The second-order valence-corrected chi connectivity index (χ2v) is 43.0. The van der Waals surface area contributed by atoms with Crippen molar-refractivity contribution in [1.29, 1.82) is 0 Å². The first kappa shape index (κ1) is 105. The molecule has 8 heterocycles. The fourth-order valence-corrected chi connectivity index (χ4v) is 16.8. The van der Waals surface area contributed by atoms with Gasteiger partial charge in [0, 0.05) is 154 Å². The summed E-state index contributed by atoms with van der Waals surface area (Å²) in [7, 11) is 7.41. The number of aliphatic hydroxyl groups excluding tert-OH is 2. The molecule has 716 valence electrons. The van der Waals surface area contributed by atoms with Gasteiger partial charge in [0.1, 0.15) is 17.2 Å². The van der Waals surface area contributed by atoms with Gasteiger partial charge in [0.05, 0.1) is 123 Å². The van der Waals surface area contributed by atoms with Gasteiger partial charge in [-0.1, -0.05) is 219 Å². The quantitative estimate of drug-likeness (QED) is 0.106. The molecule has 0 spiro atoms. The van der Waals surface area contributed by atoms with Crippen LogP contribution in [0.4, 0.5) is 39.8 Å². The number of aliphatic hydroxyl groups is 2. The van der Waals surface area contributed by atoms with Crippen LogP contribution in [0.1, 0.15) is 191 Å². The van der Waals surface area contributed by atoms with Crippen LogP contribution < -0.4 is 48.5 Å². The minimum absolute atomic E-state index is 0.0545. The second-order valence-electron chi connectivity index (χ2n) is 43.0. The molecule has 0 bridgehead atoms. The molecule has 15 rings (SSSR count). The van der Waals surface area contributed by atoms with Crippen LogP contribution in [0.25, 0.3) is 0 Å². The Morgan fingerprint density at radius 3 is 0.860 bits per heavy atom. The third kappa shape index (κ3) is 31.9. The van der Waals surface area contributed by atoms with Crippen LogP contribution in [-0.4, -0.2) is 275 Å². The number of hydrogen-bond acceptors (Lipinski definition) is 20. The summed E-state index contributed by atoms with van der Waals surface area (Å²) < 4.78 is 43.8. The van der Waals surface area contributed by atoms with E-state index in [4.69, 9.17) is 43.0 Å². The van der Waals surface area contributed by atoms with Gasteiger partial charge >= 0.3 is 0 Å². The molecule has 2 atom stereocenters. The molecule has 0 aromatic heterocycles. The molecule has 8 aliphatic heterocycles. The highest BCUT2D eigenvalue weighted by atomic mass is 16.5. The Bertz CT molecular complexity index is 4380. The maximum absolute atomic E-state index is 9.25. The zero-order valence-corrected chi connectivity index (χ0v) is 84.7. The molecule has 20 heteroatoms. The lowest BCUT2D eigenvalue weighted by Gasteiger charge is -2.43. The van der Waals surface area contributed by atoms with Crippen molar-refractivity contribution in [2.24, 2.45) is 0 Å². The monoisotopic (exact) mass is 1780 g/mol. The third-order valence-corrected chi connectivity index (χ3v) is 26.0. The zero-order chi connectivity index (χ0) is 94.1.